The van der Waals surface area contributed by atoms with E-state index in [1.165, 1.54) is 24.0 Å². The molecule has 0 aromatic rings. The molecule has 0 atom stereocenters. The van der Waals surface area contributed by atoms with Gasteiger partial charge in [-0.3, -0.25) is 0 Å². The molecule has 0 bridgehead atoms. The molecule has 68 valence electrons. The Hall–Kier alpha value is -0.157. The van der Waals surface area contributed by atoms with Crippen LogP contribution in [0, 0.1) is 0 Å². The third-order valence-electron chi connectivity index (χ3n) is 1.91. The van der Waals surface area contributed by atoms with Gasteiger partial charge in [0.2, 0.25) is 0 Å². The van der Waals surface area contributed by atoms with E-state index in [-0.39, 0.29) is 26.2 Å². The average molecular weight is 251 g/mol. The number of allylic oxidation sites excluding steroid dienone is 8. The predicted molar refractivity (Wildman–Crippen MR) is 55.0 cm³/mol. The zero-order valence-corrected chi connectivity index (χ0v) is 10.8. The van der Waals surface area contributed by atoms with Crippen molar-refractivity contribution < 1.29 is 26.2 Å². The van der Waals surface area contributed by atoms with Crippen molar-refractivity contribution in [3.63, 3.8) is 0 Å². The van der Waals surface area contributed by atoms with E-state index in [4.69, 9.17) is 0 Å². The van der Waals surface area contributed by atoms with E-state index in [2.05, 4.69) is 50.3 Å². The molecule has 0 aliphatic heterocycles. The van der Waals surface area contributed by atoms with Crippen molar-refractivity contribution in [1.29, 1.82) is 0 Å². The monoisotopic (exact) mass is 250 g/mol. The minimum absolute atomic E-state index is 0. The Labute approximate surface area is 100 Å². The Morgan fingerprint density at radius 2 is 1.23 bits per heavy atom. The van der Waals surface area contributed by atoms with Crippen molar-refractivity contribution in [3.8, 4) is 0 Å². The van der Waals surface area contributed by atoms with Crippen molar-refractivity contribution in [2.24, 2.45) is 0 Å². The van der Waals surface area contributed by atoms with Gasteiger partial charge in [0.05, 0.1) is 0 Å². The minimum atomic E-state index is 0. The second-order valence-corrected chi connectivity index (χ2v) is 3.29. The van der Waals surface area contributed by atoms with Crippen LogP contribution >= 0.6 is 0 Å². The fourth-order valence-corrected chi connectivity index (χ4v) is 1.11. The Bertz CT molecular complexity index is 226. The fourth-order valence-electron chi connectivity index (χ4n) is 1.11. The first-order valence-corrected chi connectivity index (χ1v) is 4.43. The van der Waals surface area contributed by atoms with E-state index in [9.17, 15) is 0 Å². The Morgan fingerprint density at radius 1 is 0.846 bits per heavy atom. The maximum atomic E-state index is 2.16. The van der Waals surface area contributed by atoms with E-state index in [1.807, 2.05) is 0 Å². The van der Waals surface area contributed by atoms with Gasteiger partial charge in [-0.25, -0.2) is 0 Å². The molecule has 0 amide bonds. The normalized spacial score (nSPS) is 17.1. The fraction of sp³-hybridized carbons (Fsp3) is 0.333. The molecule has 0 aromatic carbocycles. The van der Waals surface area contributed by atoms with Gasteiger partial charge in [0, 0.05) is 26.2 Å². The van der Waals surface area contributed by atoms with Crippen LogP contribution in [0.1, 0.15) is 26.7 Å². The average Bonchev–Trinajstić information content (AvgIpc) is 2.63. The van der Waals surface area contributed by atoms with Gasteiger partial charge in [-0.15, -0.1) is 0 Å². The maximum absolute atomic E-state index is 2.16. The SMILES string of the molecule is CC1=CC=CC1.CC1=CC=CC1.[Zr]. The quantitative estimate of drug-likeness (QED) is 0.614. The van der Waals surface area contributed by atoms with Gasteiger partial charge in [-0.05, 0) is 26.7 Å². The first-order valence-electron chi connectivity index (χ1n) is 4.43. The number of hydrogen-bond donors (Lipinski definition) is 0. The molecule has 0 unspecified atom stereocenters. The molecule has 13 heavy (non-hydrogen) atoms. The molecule has 0 aromatic heterocycles. The van der Waals surface area contributed by atoms with E-state index >= 15 is 0 Å². The molecule has 0 fully saturated rings. The Kier molecular flexibility index (Phi) is 7.18. The topological polar surface area (TPSA) is 0 Å². The van der Waals surface area contributed by atoms with Gasteiger partial charge >= 0.3 is 0 Å². The van der Waals surface area contributed by atoms with Crippen molar-refractivity contribution >= 4 is 0 Å². The summed E-state index contributed by atoms with van der Waals surface area (Å²) in [6, 6.07) is 0. The van der Waals surface area contributed by atoms with Crippen LogP contribution in [0.25, 0.3) is 0 Å². The summed E-state index contributed by atoms with van der Waals surface area (Å²) < 4.78 is 0. The van der Waals surface area contributed by atoms with Crippen molar-refractivity contribution in [2.75, 3.05) is 0 Å². The van der Waals surface area contributed by atoms with Gasteiger partial charge in [0.25, 0.3) is 0 Å². The second kappa shape index (κ2) is 7.27. The molecular formula is C12H16Zr. The summed E-state index contributed by atoms with van der Waals surface area (Å²) in [4.78, 5) is 0. The zero-order chi connectivity index (χ0) is 8.81. The van der Waals surface area contributed by atoms with Crippen LogP contribution < -0.4 is 0 Å². The first kappa shape index (κ1) is 12.8. The summed E-state index contributed by atoms with van der Waals surface area (Å²) in [5.74, 6) is 0. The molecule has 0 radical (unpaired) electrons. The molecule has 0 saturated carbocycles. The van der Waals surface area contributed by atoms with E-state index in [1.54, 1.807) is 0 Å². The molecule has 1 heteroatoms. The van der Waals surface area contributed by atoms with Crippen LogP contribution in [0.3, 0.4) is 0 Å². The van der Waals surface area contributed by atoms with Gasteiger partial charge in [-0.2, -0.15) is 0 Å². The minimum Gasteiger partial charge on any atom is -0.0805 e. The molecule has 0 heterocycles. The van der Waals surface area contributed by atoms with Gasteiger partial charge in [0.1, 0.15) is 0 Å². The van der Waals surface area contributed by atoms with Gasteiger partial charge in [0.15, 0.2) is 0 Å². The number of hydrogen-bond acceptors (Lipinski definition) is 0. The summed E-state index contributed by atoms with van der Waals surface area (Å²) in [7, 11) is 0. The third-order valence-corrected chi connectivity index (χ3v) is 1.91. The van der Waals surface area contributed by atoms with Gasteiger partial charge in [-0.1, -0.05) is 47.6 Å². The van der Waals surface area contributed by atoms with Crippen LogP contribution in [0.2, 0.25) is 0 Å². The molecular weight excluding hydrogens is 235 g/mol. The summed E-state index contributed by atoms with van der Waals surface area (Å²) in [5.41, 5.74) is 2.94. The van der Waals surface area contributed by atoms with E-state index in [0.717, 1.165) is 0 Å². The predicted octanol–water partition coefficient (Wildman–Crippen LogP) is 3.78. The zero-order valence-electron chi connectivity index (χ0n) is 8.38. The van der Waals surface area contributed by atoms with Crippen LogP contribution in [-0.4, -0.2) is 0 Å². The summed E-state index contributed by atoms with van der Waals surface area (Å²) in [6.45, 7) is 4.28. The van der Waals surface area contributed by atoms with E-state index < -0.39 is 0 Å². The molecule has 0 N–H and O–H groups in total. The van der Waals surface area contributed by atoms with E-state index in [0.29, 0.717) is 0 Å². The summed E-state index contributed by atoms with van der Waals surface area (Å²) >= 11 is 0. The molecule has 0 saturated heterocycles. The Balaban J connectivity index is 0.000000206. The van der Waals surface area contributed by atoms with Crippen molar-refractivity contribution in [1.82, 2.24) is 0 Å². The van der Waals surface area contributed by atoms with Gasteiger partial charge < -0.3 is 0 Å². The third kappa shape index (κ3) is 5.99. The molecule has 2 rings (SSSR count). The summed E-state index contributed by atoms with van der Waals surface area (Å²) in [5, 5.41) is 0. The van der Waals surface area contributed by atoms with Crippen LogP contribution in [0.4, 0.5) is 0 Å². The second-order valence-electron chi connectivity index (χ2n) is 3.29. The summed E-state index contributed by atoms with van der Waals surface area (Å²) in [6.07, 6.45) is 15.1. The molecule has 0 spiro atoms. The van der Waals surface area contributed by atoms with Crippen molar-refractivity contribution in [3.05, 3.63) is 47.6 Å². The van der Waals surface area contributed by atoms with Crippen molar-refractivity contribution in [2.45, 2.75) is 26.7 Å². The largest absolute Gasteiger partial charge is 0.0805 e. The first-order chi connectivity index (χ1) is 5.79. The molecule has 2 aliphatic rings. The molecule has 0 nitrogen and oxygen atoms in total. The standard InChI is InChI=1S/2C6H8.Zr/c2*1-6-4-2-3-5-6;/h2*2-4H,5H2,1H3;. The van der Waals surface area contributed by atoms with Crippen LogP contribution in [0.15, 0.2) is 47.6 Å². The Morgan fingerprint density at radius 3 is 1.31 bits per heavy atom. The molecule has 2 aliphatic carbocycles. The smallest absolute Gasteiger partial charge is 0 e. The maximum Gasteiger partial charge on any atom is 0 e. The van der Waals surface area contributed by atoms with Crippen LogP contribution in [0.5, 0.6) is 0 Å². The number of rotatable bonds is 0. The van der Waals surface area contributed by atoms with Crippen LogP contribution in [-0.2, 0) is 26.2 Å².